The van der Waals surface area contributed by atoms with E-state index in [1.165, 1.54) is 0 Å². The van der Waals surface area contributed by atoms with E-state index in [4.69, 9.17) is 0 Å². The molecule has 0 saturated carbocycles. The number of nitrogens with one attached hydrogen (secondary N) is 2. The number of hydrogen-bond acceptors (Lipinski definition) is 3. The summed E-state index contributed by atoms with van der Waals surface area (Å²) in [4.78, 5) is 15.7. The normalized spacial score (nSPS) is 10.0. The van der Waals surface area contributed by atoms with E-state index in [0.29, 0.717) is 12.2 Å². The molecule has 0 atom stereocenters. The monoisotopic (exact) mass is 235 g/mol. The van der Waals surface area contributed by atoms with E-state index in [2.05, 4.69) is 22.5 Å². The maximum atomic E-state index is 11.6. The van der Waals surface area contributed by atoms with E-state index >= 15 is 0 Å². The predicted molar refractivity (Wildman–Crippen MR) is 70.3 cm³/mol. The highest BCUT2D eigenvalue weighted by molar-refractivity contribution is 5.92. The van der Waals surface area contributed by atoms with Crippen molar-refractivity contribution >= 4 is 11.6 Å². The molecular formula is C13H21N3O. The van der Waals surface area contributed by atoms with Crippen LogP contribution in [-0.2, 0) is 0 Å². The summed E-state index contributed by atoms with van der Waals surface area (Å²) in [5, 5.41) is 6.06. The van der Waals surface area contributed by atoms with Gasteiger partial charge in [-0.3, -0.25) is 4.79 Å². The van der Waals surface area contributed by atoms with Crippen LogP contribution in [0.15, 0.2) is 18.3 Å². The second-order valence-corrected chi connectivity index (χ2v) is 3.97. The first kappa shape index (κ1) is 13.5. The number of hydrogen-bond donors (Lipinski definition) is 2. The van der Waals surface area contributed by atoms with Crippen molar-refractivity contribution < 1.29 is 4.79 Å². The number of carbonyl (C=O) groups is 1. The first-order valence-electron chi connectivity index (χ1n) is 6.26. The first-order chi connectivity index (χ1) is 8.27. The molecule has 0 aromatic carbocycles. The molecule has 0 unspecified atom stereocenters. The van der Waals surface area contributed by atoms with Crippen LogP contribution in [0.1, 0.15) is 43.6 Å². The molecule has 94 valence electrons. The van der Waals surface area contributed by atoms with Gasteiger partial charge in [0.15, 0.2) is 0 Å². The zero-order chi connectivity index (χ0) is 12.5. The molecule has 1 rings (SSSR count). The van der Waals surface area contributed by atoms with Crippen molar-refractivity contribution in [2.75, 3.05) is 18.4 Å². The Hall–Kier alpha value is -1.58. The molecule has 4 heteroatoms. The van der Waals surface area contributed by atoms with Crippen molar-refractivity contribution in [1.29, 1.82) is 0 Å². The van der Waals surface area contributed by atoms with Gasteiger partial charge in [0.1, 0.15) is 5.69 Å². The van der Waals surface area contributed by atoms with Crippen molar-refractivity contribution in [3.63, 3.8) is 0 Å². The lowest BCUT2D eigenvalue weighted by atomic mass is 10.3. The Bertz CT molecular complexity index is 335. The van der Waals surface area contributed by atoms with Crippen LogP contribution < -0.4 is 10.6 Å². The number of pyridine rings is 1. The van der Waals surface area contributed by atoms with Crippen LogP contribution in [0, 0.1) is 0 Å². The van der Waals surface area contributed by atoms with E-state index in [1.807, 2.05) is 13.0 Å². The lowest BCUT2D eigenvalue weighted by molar-refractivity contribution is 0.0949. The van der Waals surface area contributed by atoms with Gasteiger partial charge in [0, 0.05) is 13.1 Å². The third kappa shape index (κ3) is 4.85. The Labute approximate surface area is 103 Å². The summed E-state index contributed by atoms with van der Waals surface area (Å²) >= 11 is 0. The fourth-order valence-corrected chi connectivity index (χ4v) is 1.37. The van der Waals surface area contributed by atoms with E-state index in [1.54, 1.807) is 12.3 Å². The van der Waals surface area contributed by atoms with Gasteiger partial charge in [-0.1, -0.05) is 20.3 Å². The van der Waals surface area contributed by atoms with Gasteiger partial charge in [-0.2, -0.15) is 0 Å². The van der Waals surface area contributed by atoms with Crippen LogP contribution in [0.5, 0.6) is 0 Å². The molecule has 0 spiro atoms. The van der Waals surface area contributed by atoms with E-state index in [0.717, 1.165) is 31.5 Å². The topological polar surface area (TPSA) is 54.0 Å². The van der Waals surface area contributed by atoms with Crippen LogP contribution in [0.25, 0.3) is 0 Å². The lowest BCUT2D eigenvalue weighted by Crippen LogP contribution is -2.24. The first-order valence-corrected chi connectivity index (χ1v) is 6.26. The zero-order valence-electron chi connectivity index (χ0n) is 10.6. The minimum atomic E-state index is -0.105. The van der Waals surface area contributed by atoms with E-state index < -0.39 is 0 Å². The summed E-state index contributed by atoms with van der Waals surface area (Å²) in [6, 6.07) is 3.64. The van der Waals surface area contributed by atoms with Gasteiger partial charge in [0.05, 0.1) is 11.9 Å². The highest BCUT2D eigenvalue weighted by Crippen LogP contribution is 2.06. The third-order valence-corrected chi connectivity index (χ3v) is 2.39. The fourth-order valence-electron chi connectivity index (χ4n) is 1.37. The number of amides is 1. The van der Waals surface area contributed by atoms with Gasteiger partial charge in [-0.05, 0) is 25.0 Å². The predicted octanol–water partition coefficient (Wildman–Crippen LogP) is 2.43. The molecule has 0 aliphatic carbocycles. The molecule has 2 N–H and O–H groups in total. The summed E-state index contributed by atoms with van der Waals surface area (Å²) in [7, 11) is 0. The minimum Gasteiger partial charge on any atom is -0.384 e. The highest BCUT2D eigenvalue weighted by atomic mass is 16.1. The van der Waals surface area contributed by atoms with Gasteiger partial charge in [0.2, 0.25) is 0 Å². The number of anilines is 1. The summed E-state index contributed by atoms with van der Waals surface area (Å²) in [5.74, 6) is -0.105. The summed E-state index contributed by atoms with van der Waals surface area (Å²) < 4.78 is 0. The van der Waals surface area contributed by atoms with Crippen LogP contribution in [0.2, 0.25) is 0 Å². The summed E-state index contributed by atoms with van der Waals surface area (Å²) in [5.41, 5.74) is 1.44. The second kappa shape index (κ2) is 7.65. The molecule has 17 heavy (non-hydrogen) atoms. The number of unbranched alkanes of at least 4 members (excludes halogenated alkanes) is 1. The number of carbonyl (C=O) groups excluding carboxylic acids is 1. The van der Waals surface area contributed by atoms with Gasteiger partial charge < -0.3 is 10.6 Å². The molecule has 0 fully saturated rings. The lowest BCUT2D eigenvalue weighted by Gasteiger charge is -2.06. The third-order valence-electron chi connectivity index (χ3n) is 2.39. The second-order valence-electron chi connectivity index (χ2n) is 3.97. The molecular weight excluding hydrogens is 214 g/mol. The molecule has 0 bridgehead atoms. The van der Waals surface area contributed by atoms with Gasteiger partial charge >= 0.3 is 0 Å². The Morgan fingerprint density at radius 3 is 2.65 bits per heavy atom. The molecule has 0 saturated heterocycles. The number of rotatable bonds is 7. The molecule has 4 nitrogen and oxygen atoms in total. The van der Waals surface area contributed by atoms with Crippen molar-refractivity contribution in [1.82, 2.24) is 10.3 Å². The van der Waals surface area contributed by atoms with Crippen LogP contribution in [0.4, 0.5) is 5.69 Å². The maximum absolute atomic E-state index is 11.6. The van der Waals surface area contributed by atoms with Crippen molar-refractivity contribution in [3.8, 4) is 0 Å². The largest absolute Gasteiger partial charge is 0.384 e. The van der Waals surface area contributed by atoms with Crippen LogP contribution in [-0.4, -0.2) is 24.0 Å². The van der Waals surface area contributed by atoms with E-state index in [-0.39, 0.29) is 5.91 Å². The Morgan fingerprint density at radius 1 is 1.24 bits per heavy atom. The molecule has 1 amide bonds. The molecule has 0 aliphatic rings. The average molecular weight is 235 g/mol. The molecule has 1 aromatic rings. The van der Waals surface area contributed by atoms with Gasteiger partial charge in [0.25, 0.3) is 5.91 Å². The Kier molecular flexibility index (Phi) is 6.07. The van der Waals surface area contributed by atoms with Gasteiger partial charge in [-0.25, -0.2) is 4.98 Å². The van der Waals surface area contributed by atoms with E-state index in [9.17, 15) is 4.79 Å². The quantitative estimate of drug-likeness (QED) is 0.714. The smallest absolute Gasteiger partial charge is 0.269 e. The molecule has 0 radical (unpaired) electrons. The summed E-state index contributed by atoms with van der Waals surface area (Å²) in [6.07, 6.45) is 4.94. The Balaban J connectivity index is 2.46. The van der Waals surface area contributed by atoms with Gasteiger partial charge in [-0.15, -0.1) is 0 Å². The molecule has 0 aliphatic heterocycles. The fraction of sp³-hybridized carbons (Fsp3) is 0.538. The maximum Gasteiger partial charge on any atom is 0.269 e. The number of aromatic nitrogens is 1. The van der Waals surface area contributed by atoms with Crippen molar-refractivity contribution in [2.45, 2.75) is 33.1 Å². The standard InChI is InChI=1S/C13H21N3O/c1-3-5-9-14-11-6-7-12(16-10-11)13(17)15-8-4-2/h6-7,10,14H,3-5,8-9H2,1-2H3,(H,15,17). The Morgan fingerprint density at radius 2 is 2.06 bits per heavy atom. The zero-order valence-corrected chi connectivity index (χ0v) is 10.6. The molecule has 1 aromatic heterocycles. The van der Waals surface area contributed by atoms with Crippen LogP contribution in [0.3, 0.4) is 0 Å². The average Bonchev–Trinajstić information content (AvgIpc) is 2.37. The highest BCUT2D eigenvalue weighted by Gasteiger charge is 2.05. The molecule has 1 heterocycles. The minimum absolute atomic E-state index is 0.105. The SMILES string of the molecule is CCCCNc1ccc(C(=O)NCCC)nc1. The van der Waals surface area contributed by atoms with Crippen LogP contribution >= 0.6 is 0 Å². The number of nitrogens with zero attached hydrogens (tertiary/aromatic N) is 1. The van der Waals surface area contributed by atoms with Crippen molar-refractivity contribution in [3.05, 3.63) is 24.0 Å². The van der Waals surface area contributed by atoms with Crippen molar-refractivity contribution in [2.24, 2.45) is 0 Å². The summed E-state index contributed by atoms with van der Waals surface area (Å²) in [6.45, 7) is 5.81.